The van der Waals surface area contributed by atoms with Gasteiger partial charge in [-0.05, 0) is 43.9 Å². The zero-order chi connectivity index (χ0) is 17.1. The first-order valence-corrected chi connectivity index (χ1v) is 9.95. The van der Waals surface area contributed by atoms with Crippen molar-refractivity contribution in [2.24, 2.45) is 0 Å². The third kappa shape index (κ3) is 2.40. The number of amides is 1. The minimum Gasteiger partial charge on any atom is -0.331 e. The van der Waals surface area contributed by atoms with Crippen molar-refractivity contribution in [3.05, 3.63) is 29.7 Å². The summed E-state index contributed by atoms with van der Waals surface area (Å²) in [6.07, 6.45) is 3.87. The fraction of sp³-hybridized carbons (Fsp3) is 0.500. The summed E-state index contributed by atoms with van der Waals surface area (Å²) in [5.74, 6) is -0.591. The standard InChI is InChI=1S/C16H18FN3O3S/c1-24(22,23)12-7-10-3-4-11(8-12)20(10)16(21)15-13-5-2-9(17)6-14(13)18-19-15/h2,5-6,10-12H,3-4,7-8H2,1H3,(H,18,19). The van der Waals surface area contributed by atoms with Crippen molar-refractivity contribution in [3.8, 4) is 0 Å². The number of aromatic amines is 1. The Morgan fingerprint density at radius 2 is 1.96 bits per heavy atom. The number of carbonyl (C=O) groups is 1. The van der Waals surface area contributed by atoms with E-state index in [2.05, 4.69) is 10.2 Å². The van der Waals surface area contributed by atoms with Gasteiger partial charge in [-0.15, -0.1) is 0 Å². The smallest absolute Gasteiger partial charge is 0.275 e. The van der Waals surface area contributed by atoms with Crippen LogP contribution in [0.4, 0.5) is 4.39 Å². The highest BCUT2D eigenvalue weighted by Gasteiger charge is 2.46. The number of hydrogen-bond acceptors (Lipinski definition) is 4. The van der Waals surface area contributed by atoms with E-state index in [0.29, 0.717) is 23.7 Å². The topological polar surface area (TPSA) is 83.1 Å². The fourth-order valence-electron chi connectivity index (χ4n) is 4.09. The molecule has 2 unspecified atom stereocenters. The molecule has 3 heterocycles. The Bertz CT molecular complexity index is 910. The number of piperidine rings is 1. The van der Waals surface area contributed by atoms with E-state index in [0.717, 1.165) is 12.8 Å². The number of sulfone groups is 1. The van der Waals surface area contributed by atoms with Gasteiger partial charge in [0.1, 0.15) is 15.7 Å². The van der Waals surface area contributed by atoms with Crippen LogP contribution in [0.5, 0.6) is 0 Å². The molecule has 2 aromatic rings. The third-order valence-electron chi connectivity index (χ3n) is 5.26. The van der Waals surface area contributed by atoms with E-state index < -0.39 is 9.84 Å². The molecule has 2 bridgehead atoms. The number of fused-ring (bicyclic) bond motifs is 3. The number of hydrogen-bond donors (Lipinski definition) is 1. The van der Waals surface area contributed by atoms with Crippen LogP contribution in [-0.4, -0.2) is 53.0 Å². The van der Waals surface area contributed by atoms with Crippen LogP contribution in [0.3, 0.4) is 0 Å². The minimum atomic E-state index is -3.10. The van der Waals surface area contributed by atoms with Crippen LogP contribution in [0.15, 0.2) is 18.2 Å². The van der Waals surface area contributed by atoms with Gasteiger partial charge in [0, 0.05) is 23.7 Å². The first-order valence-electron chi connectivity index (χ1n) is 8.00. The summed E-state index contributed by atoms with van der Waals surface area (Å²) >= 11 is 0. The molecule has 0 aliphatic carbocycles. The van der Waals surface area contributed by atoms with E-state index in [9.17, 15) is 17.6 Å². The van der Waals surface area contributed by atoms with Gasteiger partial charge in [-0.2, -0.15) is 5.10 Å². The van der Waals surface area contributed by atoms with Crippen molar-refractivity contribution in [2.75, 3.05) is 6.26 Å². The second kappa shape index (κ2) is 5.27. The molecule has 0 saturated carbocycles. The second-order valence-electron chi connectivity index (χ2n) is 6.78. The van der Waals surface area contributed by atoms with Crippen LogP contribution in [0.1, 0.15) is 36.2 Å². The van der Waals surface area contributed by atoms with Crippen LogP contribution < -0.4 is 0 Å². The van der Waals surface area contributed by atoms with E-state index in [-0.39, 0.29) is 34.8 Å². The zero-order valence-electron chi connectivity index (χ0n) is 13.2. The number of aromatic nitrogens is 2. The van der Waals surface area contributed by atoms with E-state index in [1.165, 1.54) is 18.4 Å². The van der Waals surface area contributed by atoms with Crippen LogP contribution in [-0.2, 0) is 9.84 Å². The normalized spacial score (nSPS) is 26.9. The third-order valence-corrected chi connectivity index (χ3v) is 6.85. The summed E-state index contributed by atoms with van der Waals surface area (Å²) in [7, 11) is -3.10. The zero-order valence-corrected chi connectivity index (χ0v) is 14.0. The van der Waals surface area contributed by atoms with Crippen LogP contribution in [0.2, 0.25) is 0 Å². The Labute approximate surface area is 138 Å². The molecule has 2 fully saturated rings. The largest absolute Gasteiger partial charge is 0.331 e. The number of benzene rings is 1. The Hall–Kier alpha value is -1.96. The molecule has 1 aromatic carbocycles. The number of nitrogens with zero attached hydrogens (tertiary/aromatic N) is 2. The highest BCUT2D eigenvalue weighted by molar-refractivity contribution is 7.91. The van der Waals surface area contributed by atoms with Gasteiger partial charge in [-0.1, -0.05) is 0 Å². The number of halogens is 1. The van der Waals surface area contributed by atoms with E-state index >= 15 is 0 Å². The molecule has 2 saturated heterocycles. The average Bonchev–Trinajstić information content (AvgIpc) is 3.03. The first kappa shape index (κ1) is 15.6. The number of carbonyl (C=O) groups excluding carboxylic acids is 1. The van der Waals surface area contributed by atoms with Gasteiger partial charge in [0.2, 0.25) is 0 Å². The summed E-state index contributed by atoms with van der Waals surface area (Å²) in [4.78, 5) is 14.8. The summed E-state index contributed by atoms with van der Waals surface area (Å²) in [6, 6.07) is 4.03. The Kier molecular flexibility index (Phi) is 3.42. The van der Waals surface area contributed by atoms with Gasteiger partial charge in [0.05, 0.1) is 10.8 Å². The highest BCUT2D eigenvalue weighted by atomic mass is 32.2. The van der Waals surface area contributed by atoms with Gasteiger partial charge < -0.3 is 4.90 Å². The Balaban J connectivity index is 1.66. The lowest BCUT2D eigenvalue weighted by molar-refractivity contribution is 0.0594. The monoisotopic (exact) mass is 351 g/mol. The minimum absolute atomic E-state index is 0.0665. The molecule has 1 N–H and O–H groups in total. The van der Waals surface area contributed by atoms with Crippen molar-refractivity contribution >= 4 is 26.6 Å². The molecule has 24 heavy (non-hydrogen) atoms. The lowest BCUT2D eigenvalue weighted by Crippen LogP contribution is -2.49. The van der Waals surface area contributed by atoms with Gasteiger partial charge in [-0.3, -0.25) is 9.89 Å². The van der Waals surface area contributed by atoms with Crippen LogP contribution in [0, 0.1) is 5.82 Å². The van der Waals surface area contributed by atoms with Gasteiger partial charge in [0.25, 0.3) is 5.91 Å². The molecule has 8 heteroatoms. The molecule has 2 aliphatic heterocycles. The molecule has 0 spiro atoms. The van der Waals surface area contributed by atoms with Crippen molar-refractivity contribution in [2.45, 2.75) is 43.0 Å². The lowest BCUT2D eigenvalue weighted by atomic mass is 10.0. The summed E-state index contributed by atoms with van der Waals surface area (Å²) in [5, 5.41) is 6.99. The lowest BCUT2D eigenvalue weighted by Gasteiger charge is -2.38. The van der Waals surface area contributed by atoms with Crippen molar-refractivity contribution in [1.82, 2.24) is 15.1 Å². The first-order chi connectivity index (χ1) is 11.3. The highest BCUT2D eigenvalue weighted by Crippen LogP contribution is 2.39. The second-order valence-corrected chi connectivity index (χ2v) is 9.11. The van der Waals surface area contributed by atoms with E-state index in [1.807, 2.05) is 0 Å². The average molecular weight is 351 g/mol. The fourth-order valence-corrected chi connectivity index (χ4v) is 5.23. The van der Waals surface area contributed by atoms with Gasteiger partial charge in [-0.25, -0.2) is 12.8 Å². The Morgan fingerprint density at radius 3 is 2.58 bits per heavy atom. The number of nitrogens with one attached hydrogen (secondary N) is 1. The summed E-state index contributed by atoms with van der Waals surface area (Å²) in [6.45, 7) is 0. The molecule has 4 rings (SSSR count). The number of rotatable bonds is 2. The number of H-pyrrole nitrogens is 1. The maximum absolute atomic E-state index is 13.3. The molecular formula is C16H18FN3O3S. The summed E-state index contributed by atoms with van der Waals surface area (Å²) in [5.41, 5.74) is 0.761. The predicted octanol–water partition coefficient (Wildman–Crippen LogP) is 1.88. The van der Waals surface area contributed by atoms with E-state index in [1.54, 1.807) is 11.0 Å². The predicted molar refractivity (Wildman–Crippen MR) is 86.9 cm³/mol. The van der Waals surface area contributed by atoms with Crippen molar-refractivity contribution in [3.63, 3.8) is 0 Å². The molecule has 6 nitrogen and oxygen atoms in total. The molecule has 1 aromatic heterocycles. The maximum atomic E-state index is 13.3. The summed E-state index contributed by atoms with van der Waals surface area (Å²) < 4.78 is 37.0. The molecule has 128 valence electrons. The van der Waals surface area contributed by atoms with Crippen molar-refractivity contribution < 1.29 is 17.6 Å². The van der Waals surface area contributed by atoms with Gasteiger partial charge >= 0.3 is 0 Å². The SMILES string of the molecule is CS(=O)(=O)C1CC2CCC(C1)N2C(=O)c1n[nH]c2cc(F)ccc12. The van der Waals surface area contributed by atoms with Gasteiger partial charge in [0.15, 0.2) is 5.69 Å². The molecular weight excluding hydrogens is 333 g/mol. The van der Waals surface area contributed by atoms with Crippen LogP contribution in [0.25, 0.3) is 10.9 Å². The van der Waals surface area contributed by atoms with E-state index in [4.69, 9.17) is 0 Å². The molecule has 0 radical (unpaired) electrons. The molecule has 2 atom stereocenters. The Morgan fingerprint density at radius 1 is 1.29 bits per heavy atom. The quantitative estimate of drug-likeness (QED) is 0.895. The maximum Gasteiger partial charge on any atom is 0.275 e. The molecule has 1 amide bonds. The molecule has 2 aliphatic rings. The van der Waals surface area contributed by atoms with Crippen LogP contribution >= 0.6 is 0 Å². The van der Waals surface area contributed by atoms with Crippen molar-refractivity contribution in [1.29, 1.82) is 0 Å².